The summed E-state index contributed by atoms with van der Waals surface area (Å²) in [6.07, 6.45) is 3.11. The third-order valence-electron chi connectivity index (χ3n) is 4.11. The molecular weight excluding hydrogens is 317 g/mol. The maximum absolute atomic E-state index is 12.8. The molecule has 2 nitrogen and oxygen atoms in total. The molecule has 0 aromatic heterocycles. The summed E-state index contributed by atoms with van der Waals surface area (Å²) in [4.78, 5) is 14.8. The molecule has 0 N–H and O–H groups in total. The highest BCUT2D eigenvalue weighted by atomic mass is 35.5. The summed E-state index contributed by atoms with van der Waals surface area (Å²) >= 11 is 12.1. The van der Waals surface area contributed by atoms with Gasteiger partial charge >= 0.3 is 0 Å². The Hall–Kier alpha value is -1.51. The van der Waals surface area contributed by atoms with Gasteiger partial charge in [0.2, 0.25) is 0 Å². The molecule has 0 spiro atoms. The molecule has 1 heterocycles. The number of piperidine rings is 1. The lowest BCUT2D eigenvalue weighted by Gasteiger charge is -2.36. The average Bonchev–Trinajstić information content (AvgIpc) is 2.57. The lowest BCUT2D eigenvalue weighted by Crippen LogP contribution is -2.38. The minimum Gasteiger partial charge on any atom is -0.332 e. The van der Waals surface area contributed by atoms with Gasteiger partial charge in [-0.1, -0.05) is 47.5 Å². The topological polar surface area (TPSA) is 20.3 Å². The first-order valence-corrected chi connectivity index (χ1v) is 8.23. The van der Waals surface area contributed by atoms with Gasteiger partial charge in [0.15, 0.2) is 0 Å². The van der Waals surface area contributed by atoms with Crippen LogP contribution in [-0.4, -0.2) is 17.4 Å². The maximum atomic E-state index is 12.8. The van der Waals surface area contributed by atoms with Crippen molar-refractivity contribution in [1.82, 2.24) is 4.90 Å². The second kappa shape index (κ2) is 6.72. The molecule has 4 heteroatoms. The van der Waals surface area contributed by atoms with Crippen molar-refractivity contribution < 1.29 is 4.79 Å². The highest BCUT2D eigenvalue weighted by molar-refractivity contribution is 6.42. The van der Waals surface area contributed by atoms with E-state index >= 15 is 0 Å². The number of carbonyl (C=O) groups is 1. The molecule has 2 aromatic rings. The number of hydrogen-bond acceptors (Lipinski definition) is 1. The average molecular weight is 334 g/mol. The molecule has 22 heavy (non-hydrogen) atoms. The molecule has 3 rings (SSSR count). The molecule has 2 aromatic carbocycles. The molecule has 0 saturated carbocycles. The Morgan fingerprint density at radius 2 is 1.77 bits per heavy atom. The first kappa shape index (κ1) is 15.4. The van der Waals surface area contributed by atoms with Crippen molar-refractivity contribution in [1.29, 1.82) is 0 Å². The van der Waals surface area contributed by atoms with Crippen molar-refractivity contribution in [2.75, 3.05) is 6.54 Å². The van der Waals surface area contributed by atoms with Crippen LogP contribution in [0.1, 0.15) is 41.2 Å². The second-order valence-electron chi connectivity index (χ2n) is 5.55. The fraction of sp³-hybridized carbons (Fsp3) is 0.278. The number of nitrogens with zero attached hydrogens (tertiary/aromatic N) is 1. The van der Waals surface area contributed by atoms with Gasteiger partial charge in [-0.15, -0.1) is 0 Å². The predicted molar refractivity (Wildman–Crippen MR) is 90.5 cm³/mol. The number of rotatable bonds is 2. The van der Waals surface area contributed by atoms with Gasteiger partial charge < -0.3 is 4.90 Å². The van der Waals surface area contributed by atoms with E-state index in [9.17, 15) is 4.79 Å². The summed E-state index contributed by atoms with van der Waals surface area (Å²) in [6.45, 7) is 0.776. The Morgan fingerprint density at radius 3 is 2.50 bits per heavy atom. The van der Waals surface area contributed by atoms with Gasteiger partial charge in [-0.3, -0.25) is 4.79 Å². The van der Waals surface area contributed by atoms with Gasteiger partial charge in [0.25, 0.3) is 5.91 Å². The zero-order valence-electron chi connectivity index (χ0n) is 12.1. The SMILES string of the molecule is O=C(c1ccccc1)N1CCCCC1c1ccc(Cl)c(Cl)c1. The molecule has 1 saturated heterocycles. The van der Waals surface area contributed by atoms with Gasteiger partial charge in [-0.2, -0.15) is 0 Å². The summed E-state index contributed by atoms with van der Waals surface area (Å²) in [5.41, 5.74) is 1.79. The van der Waals surface area contributed by atoms with E-state index in [0.717, 1.165) is 36.9 Å². The van der Waals surface area contributed by atoms with E-state index in [0.29, 0.717) is 10.0 Å². The van der Waals surface area contributed by atoms with Crippen molar-refractivity contribution in [2.24, 2.45) is 0 Å². The fourth-order valence-corrected chi connectivity index (χ4v) is 3.29. The lowest BCUT2D eigenvalue weighted by molar-refractivity contribution is 0.0611. The summed E-state index contributed by atoms with van der Waals surface area (Å²) < 4.78 is 0. The molecule has 1 atom stereocenters. The normalized spacial score (nSPS) is 18.3. The molecule has 1 unspecified atom stereocenters. The highest BCUT2D eigenvalue weighted by Gasteiger charge is 2.28. The highest BCUT2D eigenvalue weighted by Crippen LogP contribution is 2.35. The Kier molecular flexibility index (Phi) is 4.70. The number of halogens is 2. The summed E-state index contributed by atoms with van der Waals surface area (Å²) in [5, 5.41) is 1.08. The Morgan fingerprint density at radius 1 is 1.00 bits per heavy atom. The summed E-state index contributed by atoms with van der Waals surface area (Å²) in [7, 11) is 0. The van der Waals surface area contributed by atoms with Crippen LogP contribution in [-0.2, 0) is 0 Å². The molecule has 0 bridgehead atoms. The van der Waals surface area contributed by atoms with Crippen LogP contribution in [0.15, 0.2) is 48.5 Å². The van der Waals surface area contributed by atoms with E-state index in [-0.39, 0.29) is 11.9 Å². The molecule has 1 fully saturated rings. The Balaban J connectivity index is 1.91. The molecule has 1 aliphatic rings. The van der Waals surface area contributed by atoms with Crippen LogP contribution in [0.2, 0.25) is 10.0 Å². The van der Waals surface area contributed by atoms with Gasteiger partial charge in [-0.25, -0.2) is 0 Å². The third kappa shape index (κ3) is 3.13. The van der Waals surface area contributed by atoms with Gasteiger partial charge in [0.05, 0.1) is 16.1 Å². The number of carbonyl (C=O) groups excluding carboxylic acids is 1. The fourth-order valence-electron chi connectivity index (χ4n) is 2.99. The van der Waals surface area contributed by atoms with E-state index in [1.54, 1.807) is 6.07 Å². The second-order valence-corrected chi connectivity index (χ2v) is 6.36. The van der Waals surface area contributed by atoms with E-state index in [4.69, 9.17) is 23.2 Å². The van der Waals surface area contributed by atoms with Gasteiger partial charge in [0.1, 0.15) is 0 Å². The van der Waals surface area contributed by atoms with Crippen LogP contribution in [0.4, 0.5) is 0 Å². The largest absolute Gasteiger partial charge is 0.332 e. The Bertz CT molecular complexity index is 672. The molecule has 114 valence electrons. The molecular formula is C18H17Cl2NO. The quantitative estimate of drug-likeness (QED) is 0.724. The van der Waals surface area contributed by atoms with E-state index in [1.165, 1.54) is 0 Å². The van der Waals surface area contributed by atoms with Crippen LogP contribution in [0.3, 0.4) is 0 Å². The smallest absolute Gasteiger partial charge is 0.254 e. The zero-order chi connectivity index (χ0) is 15.5. The first-order chi connectivity index (χ1) is 10.7. The van der Waals surface area contributed by atoms with E-state index in [1.807, 2.05) is 47.4 Å². The number of benzene rings is 2. The number of likely N-dealkylation sites (tertiary alicyclic amines) is 1. The summed E-state index contributed by atoms with van der Waals surface area (Å²) in [5.74, 6) is 0.0800. The van der Waals surface area contributed by atoms with Crippen LogP contribution in [0, 0.1) is 0 Å². The van der Waals surface area contributed by atoms with Crippen molar-refractivity contribution in [2.45, 2.75) is 25.3 Å². The van der Waals surface area contributed by atoms with E-state index in [2.05, 4.69) is 0 Å². The first-order valence-electron chi connectivity index (χ1n) is 7.48. The van der Waals surface area contributed by atoms with Gasteiger partial charge in [-0.05, 0) is 49.1 Å². The van der Waals surface area contributed by atoms with Crippen LogP contribution >= 0.6 is 23.2 Å². The lowest BCUT2D eigenvalue weighted by atomic mass is 9.94. The van der Waals surface area contributed by atoms with Crippen LogP contribution in [0.25, 0.3) is 0 Å². The van der Waals surface area contributed by atoms with Crippen LogP contribution in [0.5, 0.6) is 0 Å². The minimum absolute atomic E-state index is 0.0659. The zero-order valence-corrected chi connectivity index (χ0v) is 13.6. The number of hydrogen-bond donors (Lipinski definition) is 0. The summed E-state index contributed by atoms with van der Waals surface area (Å²) in [6, 6.07) is 15.2. The third-order valence-corrected chi connectivity index (χ3v) is 4.85. The minimum atomic E-state index is 0.0659. The number of amides is 1. The molecule has 0 aliphatic carbocycles. The monoisotopic (exact) mass is 333 g/mol. The van der Waals surface area contributed by atoms with Crippen molar-refractivity contribution in [3.8, 4) is 0 Å². The van der Waals surface area contributed by atoms with Crippen molar-refractivity contribution >= 4 is 29.1 Å². The molecule has 0 radical (unpaired) electrons. The molecule has 1 amide bonds. The Labute approximate surface area is 140 Å². The van der Waals surface area contributed by atoms with Crippen molar-refractivity contribution in [3.05, 3.63) is 69.7 Å². The van der Waals surface area contributed by atoms with Crippen molar-refractivity contribution in [3.63, 3.8) is 0 Å². The maximum Gasteiger partial charge on any atom is 0.254 e. The standard InChI is InChI=1S/C18H17Cl2NO/c19-15-10-9-14(12-16(15)20)17-8-4-5-11-21(17)18(22)13-6-2-1-3-7-13/h1-3,6-7,9-10,12,17H,4-5,8,11H2. The van der Waals surface area contributed by atoms with Gasteiger partial charge in [0, 0.05) is 12.1 Å². The molecule has 1 aliphatic heterocycles. The predicted octanol–water partition coefficient (Wildman–Crippen LogP) is 5.36. The van der Waals surface area contributed by atoms with Crippen LogP contribution < -0.4 is 0 Å². The van der Waals surface area contributed by atoms with E-state index < -0.39 is 0 Å².